The number of nitrogens with one attached hydrogen (secondary N) is 1. The lowest BCUT2D eigenvalue weighted by Crippen LogP contribution is -2.51. The van der Waals surface area contributed by atoms with Crippen molar-refractivity contribution in [2.24, 2.45) is 0 Å². The minimum absolute atomic E-state index is 0.0760. The van der Waals surface area contributed by atoms with Gasteiger partial charge in [-0.15, -0.1) is 0 Å². The number of amides is 2. The quantitative estimate of drug-likeness (QED) is 0.508. The summed E-state index contributed by atoms with van der Waals surface area (Å²) in [6.07, 6.45) is 5.08. The number of carbonyl (C=O) groups is 2. The summed E-state index contributed by atoms with van der Waals surface area (Å²) >= 11 is 12.3. The second kappa shape index (κ2) is 11.2. The van der Waals surface area contributed by atoms with E-state index in [0.29, 0.717) is 23.0 Å². The molecule has 0 bridgehead atoms. The van der Waals surface area contributed by atoms with Crippen LogP contribution < -0.4 is 5.32 Å². The average molecular weight is 475 g/mol. The van der Waals surface area contributed by atoms with Gasteiger partial charge in [-0.1, -0.05) is 67.2 Å². The lowest BCUT2D eigenvalue weighted by atomic mass is 10.0. The van der Waals surface area contributed by atoms with E-state index in [-0.39, 0.29) is 24.3 Å². The first-order valence-corrected chi connectivity index (χ1v) is 12.1. The van der Waals surface area contributed by atoms with Crippen molar-refractivity contribution in [1.29, 1.82) is 0 Å². The molecule has 0 saturated heterocycles. The van der Waals surface area contributed by atoms with Gasteiger partial charge in [0.05, 0.1) is 16.5 Å². The van der Waals surface area contributed by atoms with Crippen LogP contribution in [0, 0.1) is 13.8 Å². The molecule has 0 spiro atoms. The third-order valence-electron chi connectivity index (χ3n) is 6.35. The highest BCUT2D eigenvalue weighted by Crippen LogP contribution is 2.25. The fraction of sp³-hybridized carbons (Fsp3) is 0.462. The van der Waals surface area contributed by atoms with Crippen molar-refractivity contribution in [3.05, 3.63) is 68.7 Å². The van der Waals surface area contributed by atoms with Gasteiger partial charge in [0.25, 0.3) is 0 Å². The maximum absolute atomic E-state index is 13.5. The molecule has 4 nitrogen and oxygen atoms in total. The first kappa shape index (κ1) is 24.6. The summed E-state index contributed by atoms with van der Waals surface area (Å²) in [4.78, 5) is 28.4. The molecule has 2 aromatic rings. The molecule has 1 aliphatic carbocycles. The number of hydrogen-bond donors (Lipinski definition) is 1. The zero-order chi connectivity index (χ0) is 23.3. The number of benzene rings is 2. The molecule has 0 radical (unpaired) electrons. The second-order valence-corrected chi connectivity index (χ2v) is 9.59. The maximum atomic E-state index is 13.5. The lowest BCUT2D eigenvalue weighted by molar-refractivity contribution is -0.141. The second-order valence-electron chi connectivity index (χ2n) is 8.78. The molecule has 1 unspecified atom stereocenters. The van der Waals surface area contributed by atoms with E-state index in [2.05, 4.69) is 12.2 Å². The fourth-order valence-corrected chi connectivity index (χ4v) is 4.63. The van der Waals surface area contributed by atoms with E-state index >= 15 is 0 Å². The van der Waals surface area contributed by atoms with Crippen LogP contribution in [-0.2, 0) is 22.6 Å². The van der Waals surface area contributed by atoms with Gasteiger partial charge < -0.3 is 10.2 Å². The van der Waals surface area contributed by atoms with Gasteiger partial charge in [0.1, 0.15) is 6.04 Å². The first-order valence-electron chi connectivity index (χ1n) is 11.4. The number of hydrogen-bond acceptors (Lipinski definition) is 2. The van der Waals surface area contributed by atoms with Crippen LogP contribution in [0.5, 0.6) is 0 Å². The van der Waals surface area contributed by atoms with Crippen LogP contribution >= 0.6 is 23.2 Å². The van der Waals surface area contributed by atoms with Crippen LogP contribution in [0.3, 0.4) is 0 Å². The molecule has 2 aromatic carbocycles. The first-order chi connectivity index (χ1) is 15.3. The monoisotopic (exact) mass is 474 g/mol. The van der Waals surface area contributed by atoms with Crippen LogP contribution in [0.25, 0.3) is 0 Å². The molecule has 0 aliphatic heterocycles. The third-order valence-corrected chi connectivity index (χ3v) is 7.09. The van der Waals surface area contributed by atoms with Crippen LogP contribution in [0.15, 0.2) is 36.4 Å². The lowest BCUT2D eigenvalue weighted by Gasteiger charge is -2.31. The standard InChI is InChI=1S/C26H32Cl2N2O2/c1-4-24(26(32)29-21-7-5-6-8-21)30(16-20-11-12-22(27)23(28)14-20)25(31)15-19-10-9-17(2)18(3)13-19/h9-14,21,24H,4-8,15-16H2,1-3H3,(H,29,32). The SMILES string of the molecule is CCC(C(=O)NC1CCCC1)N(Cc1ccc(Cl)c(Cl)c1)C(=O)Cc1ccc(C)c(C)c1. The van der Waals surface area contributed by atoms with Gasteiger partial charge in [-0.2, -0.15) is 0 Å². The van der Waals surface area contributed by atoms with Gasteiger partial charge in [-0.3, -0.25) is 9.59 Å². The third kappa shape index (κ3) is 6.26. The highest BCUT2D eigenvalue weighted by Gasteiger charge is 2.30. The molecule has 6 heteroatoms. The van der Waals surface area contributed by atoms with Gasteiger partial charge in [0.15, 0.2) is 0 Å². The average Bonchev–Trinajstić information content (AvgIpc) is 3.26. The Morgan fingerprint density at radius 3 is 2.31 bits per heavy atom. The van der Waals surface area contributed by atoms with Crippen LogP contribution in [0.2, 0.25) is 10.0 Å². The summed E-state index contributed by atoms with van der Waals surface area (Å²) in [6.45, 7) is 6.35. The minimum Gasteiger partial charge on any atom is -0.352 e. The predicted octanol–water partition coefficient (Wildman–Crippen LogP) is 6.02. The molecule has 2 amide bonds. The van der Waals surface area contributed by atoms with E-state index in [4.69, 9.17) is 23.2 Å². The van der Waals surface area contributed by atoms with Crippen LogP contribution in [0.4, 0.5) is 0 Å². The summed E-state index contributed by atoms with van der Waals surface area (Å²) < 4.78 is 0. The largest absolute Gasteiger partial charge is 0.352 e. The van der Waals surface area contributed by atoms with Crippen molar-refractivity contribution in [3.63, 3.8) is 0 Å². The van der Waals surface area contributed by atoms with Crippen molar-refractivity contribution in [2.75, 3.05) is 0 Å². The van der Waals surface area contributed by atoms with Crippen LogP contribution in [-0.4, -0.2) is 28.8 Å². The molecular formula is C26H32Cl2N2O2. The van der Waals surface area contributed by atoms with Gasteiger partial charge in [0.2, 0.25) is 11.8 Å². The summed E-state index contributed by atoms with van der Waals surface area (Å²) in [6, 6.07) is 11.1. The summed E-state index contributed by atoms with van der Waals surface area (Å²) in [5.74, 6) is -0.152. The van der Waals surface area contributed by atoms with Crippen molar-refractivity contribution < 1.29 is 9.59 Å². The van der Waals surface area contributed by atoms with E-state index in [1.165, 1.54) is 5.56 Å². The Morgan fingerprint density at radius 2 is 1.69 bits per heavy atom. The molecular weight excluding hydrogens is 443 g/mol. The number of carbonyl (C=O) groups excluding carboxylic acids is 2. The zero-order valence-corrected chi connectivity index (χ0v) is 20.6. The molecule has 3 rings (SSSR count). The van der Waals surface area contributed by atoms with Crippen molar-refractivity contribution in [3.8, 4) is 0 Å². The Morgan fingerprint density at radius 1 is 1.00 bits per heavy atom. The zero-order valence-electron chi connectivity index (χ0n) is 19.1. The Hall–Kier alpha value is -2.04. The molecule has 1 fully saturated rings. The normalized spacial score (nSPS) is 14.9. The van der Waals surface area contributed by atoms with Gasteiger partial charge in [-0.05, 0) is 67.5 Å². The number of halogens is 2. The van der Waals surface area contributed by atoms with Crippen LogP contribution in [0.1, 0.15) is 61.3 Å². The minimum atomic E-state index is -0.538. The smallest absolute Gasteiger partial charge is 0.243 e. The van der Waals surface area contributed by atoms with E-state index in [9.17, 15) is 9.59 Å². The summed E-state index contributed by atoms with van der Waals surface area (Å²) in [7, 11) is 0. The van der Waals surface area contributed by atoms with Crippen molar-refractivity contribution in [2.45, 2.75) is 77.9 Å². The van der Waals surface area contributed by atoms with E-state index < -0.39 is 6.04 Å². The molecule has 1 saturated carbocycles. The van der Waals surface area contributed by atoms with Crippen molar-refractivity contribution in [1.82, 2.24) is 10.2 Å². The maximum Gasteiger partial charge on any atom is 0.243 e. The molecule has 0 aromatic heterocycles. The van der Waals surface area contributed by atoms with Gasteiger partial charge >= 0.3 is 0 Å². The molecule has 1 N–H and O–H groups in total. The van der Waals surface area contributed by atoms with Crippen molar-refractivity contribution >= 4 is 35.0 Å². The van der Waals surface area contributed by atoms with Gasteiger partial charge in [-0.25, -0.2) is 0 Å². The number of aryl methyl sites for hydroxylation is 2. The van der Waals surface area contributed by atoms with E-state index in [0.717, 1.165) is 42.4 Å². The number of rotatable bonds is 8. The Labute approximate surface area is 201 Å². The summed E-state index contributed by atoms with van der Waals surface area (Å²) in [5, 5.41) is 4.08. The molecule has 1 aliphatic rings. The molecule has 32 heavy (non-hydrogen) atoms. The topological polar surface area (TPSA) is 49.4 Å². The molecule has 0 heterocycles. The number of nitrogens with zero attached hydrogens (tertiary/aromatic N) is 1. The fourth-order valence-electron chi connectivity index (χ4n) is 4.31. The van der Waals surface area contributed by atoms with E-state index in [1.807, 2.05) is 38.1 Å². The molecule has 1 atom stereocenters. The Bertz CT molecular complexity index is 970. The highest BCUT2D eigenvalue weighted by atomic mass is 35.5. The summed E-state index contributed by atoms with van der Waals surface area (Å²) in [5.41, 5.74) is 4.14. The highest BCUT2D eigenvalue weighted by molar-refractivity contribution is 6.42. The van der Waals surface area contributed by atoms with E-state index in [1.54, 1.807) is 17.0 Å². The van der Waals surface area contributed by atoms with Gasteiger partial charge in [0, 0.05) is 12.6 Å². The predicted molar refractivity (Wildman–Crippen MR) is 131 cm³/mol. The Balaban J connectivity index is 1.85. The Kier molecular flexibility index (Phi) is 8.61. The molecule has 172 valence electrons.